The zero-order chi connectivity index (χ0) is 32.3. The Balaban J connectivity index is 1.50. The first kappa shape index (κ1) is 32.0. The van der Waals surface area contributed by atoms with Gasteiger partial charge in [-0.15, -0.1) is 0 Å². The molecular formula is C27H22F7N7O3S. The predicted molar refractivity (Wildman–Crippen MR) is 146 cm³/mol. The molecule has 18 heteroatoms. The monoisotopic (exact) mass is 657 g/mol. The number of rotatable bonds is 9. The Kier molecular flexibility index (Phi) is 9.45. The Morgan fingerprint density at radius 1 is 0.978 bits per heavy atom. The lowest BCUT2D eigenvalue weighted by atomic mass is 9.96. The van der Waals surface area contributed by atoms with Crippen molar-refractivity contribution in [1.82, 2.24) is 30.0 Å². The third kappa shape index (κ3) is 7.29. The van der Waals surface area contributed by atoms with Crippen LogP contribution < -0.4 is 20.1 Å². The average Bonchev–Trinajstić information content (AvgIpc) is 2.99. The molecular weight excluding hydrogens is 635 g/mol. The lowest BCUT2D eigenvalue weighted by molar-refractivity contribution is -0.142. The molecule has 238 valence electrons. The number of aromatic nitrogens is 4. The maximum Gasteiger partial charge on any atom is 0.433 e. The lowest BCUT2D eigenvalue weighted by Crippen LogP contribution is -2.44. The molecule has 5 rings (SSSR count). The molecule has 3 aromatic heterocycles. The van der Waals surface area contributed by atoms with Gasteiger partial charge >= 0.3 is 6.18 Å². The Hall–Kier alpha value is -4.42. The molecule has 0 radical (unpaired) electrons. The third-order valence-electron chi connectivity index (χ3n) is 6.64. The van der Waals surface area contributed by atoms with E-state index in [1.807, 2.05) is 0 Å². The highest BCUT2D eigenvalue weighted by Crippen LogP contribution is 2.40. The third-order valence-corrected chi connectivity index (χ3v) is 7.11. The van der Waals surface area contributed by atoms with Crippen LogP contribution in [0.1, 0.15) is 29.3 Å². The molecule has 45 heavy (non-hydrogen) atoms. The second kappa shape index (κ2) is 13.3. The smallest absolute Gasteiger partial charge is 0.433 e. The van der Waals surface area contributed by atoms with Crippen molar-refractivity contribution in [2.24, 2.45) is 0 Å². The molecule has 1 unspecified atom stereocenters. The van der Waals surface area contributed by atoms with Crippen LogP contribution in [-0.2, 0) is 17.1 Å². The Labute approximate surface area is 252 Å². The number of nitrogens with one attached hydrogen (secondary N) is 3. The first-order chi connectivity index (χ1) is 21.4. The van der Waals surface area contributed by atoms with Gasteiger partial charge < -0.3 is 15.4 Å². The molecule has 1 aromatic carbocycles. The number of alkyl halides is 4. The Bertz CT molecular complexity index is 1770. The van der Waals surface area contributed by atoms with E-state index < -0.39 is 69.3 Å². The fourth-order valence-electron chi connectivity index (χ4n) is 4.74. The van der Waals surface area contributed by atoms with Crippen LogP contribution in [0, 0.1) is 17.5 Å². The van der Waals surface area contributed by atoms with Crippen LogP contribution in [0.15, 0.2) is 55.0 Å². The van der Waals surface area contributed by atoms with Crippen molar-refractivity contribution in [2.45, 2.75) is 30.9 Å². The van der Waals surface area contributed by atoms with Gasteiger partial charge in [0, 0.05) is 61.3 Å². The fraction of sp³-hybridized carbons (Fsp3) is 0.259. The topological polar surface area (TPSA) is 131 Å². The number of halogens is 7. The lowest BCUT2D eigenvalue weighted by Gasteiger charge is -2.26. The Morgan fingerprint density at radius 3 is 2.47 bits per heavy atom. The highest BCUT2D eigenvalue weighted by Gasteiger charge is 2.39. The Morgan fingerprint density at radius 2 is 1.73 bits per heavy atom. The highest BCUT2D eigenvalue weighted by atomic mass is 32.2. The number of nitrogens with zero attached hydrogens (tertiary/aromatic N) is 4. The summed E-state index contributed by atoms with van der Waals surface area (Å²) in [4.78, 5) is 15.6. The summed E-state index contributed by atoms with van der Waals surface area (Å²) in [6.45, 7) is 0.684. The van der Waals surface area contributed by atoms with Crippen LogP contribution in [0.5, 0.6) is 11.6 Å². The quantitative estimate of drug-likeness (QED) is 0.117. The van der Waals surface area contributed by atoms with Crippen LogP contribution in [0.2, 0.25) is 0 Å². The number of hydrogen-bond donors (Lipinski definition) is 4. The number of piperidine rings is 1. The summed E-state index contributed by atoms with van der Waals surface area (Å²) < 4.78 is 131. The second-order valence-corrected chi connectivity index (χ2v) is 10.5. The molecule has 0 aliphatic carbocycles. The minimum absolute atomic E-state index is 0.125. The van der Waals surface area contributed by atoms with Crippen LogP contribution in [0.4, 0.5) is 36.7 Å². The van der Waals surface area contributed by atoms with Crippen molar-refractivity contribution >= 4 is 16.8 Å². The van der Waals surface area contributed by atoms with Crippen molar-refractivity contribution in [1.29, 1.82) is 0 Å². The van der Waals surface area contributed by atoms with Crippen molar-refractivity contribution in [3.05, 3.63) is 89.3 Å². The summed E-state index contributed by atoms with van der Waals surface area (Å²) in [5, 5.41) is 5.94. The summed E-state index contributed by atoms with van der Waals surface area (Å²) in [5.41, 5.74) is -3.65. The number of ether oxygens (including phenoxy) is 1. The van der Waals surface area contributed by atoms with Gasteiger partial charge in [-0.1, -0.05) is 6.07 Å². The number of hydrogen-bond acceptors (Lipinski definition) is 9. The van der Waals surface area contributed by atoms with Crippen molar-refractivity contribution in [3.8, 4) is 22.9 Å². The maximum atomic E-state index is 15.5. The summed E-state index contributed by atoms with van der Waals surface area (Å²) in [5.74, 6) is -6.78. The van der Waals surface area contributed by atoms with Gasteiger partial charge in [0.25, 0.3) is 0 Å². The van der Waals surface area contributed by atoms with Gasteiger partial charge in [0.05, 0.1) is 17.3 Å². The molecule has 3 atom stereocenters. The van der Waals surface area contributed by atoms with E-state index in [0.717, 1.165) is 18.3 Å². The molecule has 1 aliphatic rings. The van der Waals surface area contributed by atoms with E-state index in [2.05, 4.69) is 30.6 Å². The van der Waals surface area contributed by atoms with E-state index >= 15 is 13.2 Å². The molecule has 0 spiro atoms. The zero-order valence-electron chi connectivity index (χ0n) is 22.7. The molecule has 1 fully saturated rings. The molecule has 0 bridgehead atoms. The molecule has 4 aromatic rings. The predicted octanol–water partition coefficient (Wildman–Crippen LogP) is 4.48. The second-order valence-electron chi connectivity index (χ2n) is 9.71. The number of benzene rings is 1. The van der Waals surface area contributed by atoms with Crippen LogP contribution in [0.3, 0.4) is 0 Å². The van der Waals surface area contributed by atoms with Gasteiger partial charge in [0.15, 0.2) is 11.6 Å². The zero-order valence-corrected chi connectivity index (χ0v) is 23.6. The normalized spacial score (nSPS) is 17.7. The first-order valence-electron chi connectivity index (χ1n) is 13.1. The summed E-state index contributed by atoms with van der Waals surface area (Å²) >= 11 is 0. The van der Waals surface area contributed by atoms with E-state index in [9.17, 15) is 26.0 Å². The summed E-state index contributed by atoms with van der Waals surface area (Å²) in [6.07, 6.45) is -2.63. The van der Waals surface area contributed by atoms with Gasteiger partial charge in [0.1, 0.15) is 17.7 Å². The van der Waals surface area contributed by atoms with E-state index in [-0.39, 0.29) is 42.1 Å². The van der Waals surface area contributed by atoms with Crippen molar-refractivity contribution in [2.75, 3.05) is 18.4 Å². The molecule has 0 amide bonds. The molecule has 1 saturated heterocycles. The summed E-state index contributed by atoms with van der Waals surface area (Å²) in [7, 11) is -3.74. The number of pyridine rings is 2. The fourth-order valence-corrected chi connectivity index (χ4v) is 5.22. The van der Waals surface area contributed by atoms with Gasteiger partial charge in [-0.3, -0.25) is 4.98 Å². The van der Waals surface area contributed by atoms with E-state index in [1.54, 1.807) is 4.72 Å². The molecule has 3 N–H and O–H groups in total. The standard InChI is InChI=1S/C27H22F7N7O3S/c28-13-9-14(12-35-11-13)39-26-38-8-5-18(40-26)15-3-1-7-37-25(15)44-19-10-17(29)20(22(31)21(19)30)23(41-45(42)43)16-4-2-6-36-24(16)27(32,33)34/h1-8,10,13-14,23,35,45H,9,11-12H2,(H,38,39,40)(H,41,42,43)/t13-,14-,23?/m0/s1. The minimum atomic E-state index is -5.14. The van der Waals surface area contributed by atoms with E-state index in [4.69, 9.17) is 4.74 Å². The van der Waals surface area contributed by atoms with Gasteiger partial charge in [-0.25, -0.2) is 41.3 Å². The van der Waals surface area contributed by atoms with E-state index in [1.165, 1.54) is 30.6 Å². The van der Waals surface area contributed by atoms with Gasteiger partial charge in [-0.2, -0.15) is 17.6 Å². The first-order valence-corrected chi connectivity index (χ1v) is 14.3. The van der Waals surface area contributed by atoms with Crippen molar-refractivity contribution in [3.63, 3.8) is 0 Å². The van der Waals surface area contributed by atoms with Gasteiger partial charge in [0.2, 0.25) is 28.5 Å². The maximum absolute atomic E-state index is 15.5. The number of anilines is 1. The molecule has 10 nitrogen and oxygen atoms in total. The molecule has 1 aliphatic heterocycles. The van der Waals surface area contributed by atoms with Crippen molar-refractivity contribution < 1.29 is 43.9 Å². The highest BCUT2D eigenvalue weighted by molar-refractivity contribution is 7.70. The van der Waals surface area contributed by atoms with Crippen LogP contribution >= 0.6 is 0 Å². The van der Waals surface area contributed by atoms with Crippen LogP contribution in [0.25, 0.3) is 11.3 Å². The van der Waals surface area contributed by atoms with Crippen LogP contribution in [-0.4, -0.2) is 53.7 Å². The van der Waals surface area contributed by atoms with E-state index in [0.29, 0.717) is 12.6 Å². The minimum Gasteiger partial charge on any atom is -0.435 e. The average molecular weight is 658 g/mol. The molecule has 0 saturated carbocycles. The van der Waals surface area contributed by atoms with Gasteiger partial charge in [-0.05, 0) is 24.3 Å². The summed E-state index contributed by atoms with van der Waals surface area (Å²) in [6, 6.07) is 3.80. The molecule has 4 heterocycles. The number of thiol groups is 1. The largest absolute Gasteiger partial charge is 0.435 e. The SMILES string of the molecule is O=[SH](=O)NC(c1cccnc1C(F)(F)F)c1c(F)cc(Oc2ncccc2-c2ccnc(N[C@@H]3CNC[C@@H](F)C3)n2)c(F)c1F.